The molecule has 0 saturated carbocycles. The summed E-state index contributed by atoms with van der Waals surface area (Å²) in [4.78, 5) is 18.6. The molecule has 132 valence electrons. The Bertz CT molecular complexity index is 643. The lowest BCUT2D eigenvalue weighted by atomic mass is 10.1. The maximum Gasteiger partial charge on any atom is 0.317 e. The van der Waals surface area contributed by atoms with Crippen LogP contribution < -0.4 is 5.32 Å². The smallest absolute Gasteiger partial charge is 0.317 e. The molecule has 1 aromatic carbocycles. The number of hydrogen-bond acceptors (Lipinski definition) is 3. The van der Waals surface area contributed by atoms with Crippen LogP contribution in [-0.4, -0.2) is 41.7 Å². The van der Waals surface area contributed by atoms with E-state index in [-0.39, 0.29) is 12.1 Å². The molecule has 1 fully saturated rings. The first kappa shape index (κ1) is 17.4. The van der Waals surface area contributed by atoms with Gasteiger partial charge in [0.2, 0.25) is 0 Å². The van der Waals surface area contributed by atoms with Crippen LogP contribution in [0.3, 0.4) is 0 Å². The summed E-state index contributed by atoms with van der Waals surface area (Å²) in [5, 5.41) is 3.04. The molecular formula is C20H25N3O2. The van der Waals surface area contributed by atoms with Gasteiger partial charge in [-0.15, -0.1) is 0 Å². The van der Waals surface area contributed by atoms with E-state index in [1.165, 1.54) is 5.56 Å². The Morgan fingerprint density at radius 1 is 1.20 bits per heavy atom. The fourth-order valence-electron chi connectivity index (χ4n) is 3.04. The highest BCUT2D eigenvalue weighted by Gasteiger charge is 2.22. The maximum atomic E-state index is 12.7. The van der Waals surface area contributed by atoms with Gasteiger partial charge in [0.15, 0.2) is 0 Å². The zero-order chi connectivity index (χ0) is 17.3. The predicted octanol–water partition coefficient (Wildman–Crippen LogP) is 3.01. The molecule has 1 aliphatic rings. The Labute approximate surface area is 149 Å². The molecule has 0 spiro atoms. The van der Waals surface area contributed by atoms with E-state index in [1.54, 1.807) is 12.4 Å². The first-order chi connectivity index (χ1) is 12.3. The van der Waals surface area contributed by atoms with Crippen molar-refractivity contribution in [3.05, 3.63) is 66.0 Å². The van der Waals surface area contributed by atoms with Gasteiger partial charge >= 0.3 is 6.03 Å². The van der Waals surface area contributed by atoms with Crippen LogP contribution in [0.4, 0.5) is 4.79 Å². The maximum absolute atomic E-state index is 12.7. The first-order valence-corrected chi connectivity index (χ1v) is 8.88. The van der Waals surface area contributed by atoms with Crippen LogP contribution in [0, 0.1) is 0 Å². The minimum Gasteiger partial charge on any atom is -0.376 e. The molecule has 5 nitrogen and oxygen atoms in total. The molecule has 0 radical (unpaired) electrons. The third kappa shape index (κ3) is 5.57. The molecule has 1 aliphatic heterocycles. The molecule has 3 rings (SSSR count). The second-order valence-corrected chi connectivity index (χ2v) is 6.34. The van der Waals surface area contributed by atoms with Crippen LogP contribution in [0.2, 0.25) is 0 Å². The van der Waals surface area contributed by atoms with E-state index in [0.29, 0.717) is 19.6 Å². The molecule has 0 bridgehead atoms. The van der Waals surface area contributed by atoms with Crippen LogP contribution in [0.1, 0.15) is 24.0 Å². The van der Waals surface area contributed by atoms with E-state index in [1.807, 2.05) is 35.2 Å². The van der Waals surface area contributed by atoms with Crippen molar-refractivity contribution >= 4 is 6.03 Å². The number of nitrogens with zero attached hydrogens (tertiary/aromatic N) is 2. The Kier molecular flexibility index (Phi) is 6.40. The number of pyridine rings is 1. The number of rotatable bonds is 7. The largest absolute Gasteiger partial charge is 0.376 e. The van der Waals surface area contributed by atoms with Crippen LogP contribution in [0.5, 0.6) is 0 Å². The van der Waals surface area contributed by atoms with Gasteiger partial charge in [-0.2, -0.15) is 0 Å². The summed E-state index contributed by atoms with van der Waals surface area (Å²) < 4.78 is 5.71. The molecule has 2 heterocycles. The SMILES string of the molecule is O=C(NCCc1ccccc1)N(Cc1cccnc1)CC1CCCO1. The van der Waals surface area contributed by atoms with Gasteiger partial charge in [0.05, 0.1) is 6.10 Å². The van der Waals surface area contributed by atoms with Crippen molar-refractivity contribution in [2.24, 2.45) is 0 Å². The lowest BCUT2D eigenvalue weighted by Crippen LogP contribution is -2.43. The quantitative estimate of drug-likeness (QED) is 0.844. The number of benzene rings is 1. The Morgan fingerprint density at radius 2 is 2.04 bits per heavy atom. The zero-order valence-electron chi connectivity index (χ0n) is 14.4. The van der Waals surface area contributed by atoms with E-state index in [4.69, 9.17) is 4.74 Å². The van der Waals surface area contributed by atoms with Crippen molar-refractivity contribution < 1.29 is 9.53 Å². The van der Waals surface area contributed by atoms with Crippen LogP contribution in [0.15, 0.2) is 54.9 Å². The molecule has 2 aromatic rings. The number of amides is 2. The van der Waals surface area contributed by atoms with Crippen LogP contribution in [-0.2, 0) is 17.7 Å². The van der Waals surface area contributed by atoms with E-state index in [9.17, 15) is 4.79 Å². The van der Waals surface area contributed by atoms with Gasteiger partial charge < -0.3 is 15.0 Å². The fourth-order valence-corrected chi connectivity index (χ4v) is 3.04. The number of hydrogen-bond donors (Lipinski definition) is 1. The van der Waals surface area contributed by atoms with Gasteiger partial charge in [-0.25, -0.2) is 4.79 Å². The topological polar surface area (TPSA) is 54.5 Å². The molecule has 1 N–H and O–H groups in total. The number of ether oxygens (including phenoxy) is 1. The van der Waals surface area contributed by atoms with Crippen LogP contribution >= 0.6 is 0 Å². The number of nitrogens with one attached hydrogen (secondary N) is 1. The number of carbonyl (C=O) groups is 1. The average molecular weight is 339 g/mol. The molecule has 2 amide bonds. The zero-order valence-corrected chi connectivity index (χ0v) is 14.4. The van der Waals surface area contributed by atoms with E-state index < -0.39 is 0 Å². The molecule has 1 atom stereocenters. The number of carbonyl (C=O) groups excluding carboxylic acids is 1. The standard InChI is InChI=1S/C20H25N3O2/c24-20(22-12-10-17-6-2-1-3-7-17)23(16-19-9-5-13-25-19)15-18-8-4-11-21-14-18/h1-4,6-8,11,14,19H,5,9-10,12-13,15-16H2,(H,22,24). The van der Waals surface area contributed by atoms with Gasteiger partial charge in [-0.3, -0.25) is 4.98 Å². The van der Waals surface area contributed by atoms with Gasteiger partial charge in [-0.05, 0) is 36.5 Å². The molecule has 25 heavy (non-hydrogen) atoms. The normalized spacial score (nSPS) is 16.6. The highest BCUT2D eigenvalue weighted by atomic mass is 16.5. The van der Waals surface area contributed by atoms with E-state index in [2.05, 4.69) is 22.4 Å². The summed E-state index contributed by atoms with van der Waals surface area (Å²) in [6.45, 7) is 2.58. The van der Waals surface area contributed by atoms with Crippen molar-refractivity contribution in [3.63, 3.8) is 0 Å². The summed E-state index contributed by atoms with van der Waals surface area (Å²) in [5.41, 5.74) is 2.25. The van der Waals surface area contributed by atoms with Gasteiger partial charge in [0.25, 0.3) is 0 Å². The van der Waals surface area contributed by atoms with Crippen molar-refractivity contribution in [3.8, 4) is 0 Å². The summed E-state index contributed by atoms with van der Waals surface area (Å²) >= 11 is 0. The van der Waals surface area contributed by atoms with Gasteiger partial charge in [-0.1, -0.05) is 36.4 Å². The Balaban J connectivity index is 1.55. The first-order valence-electron chi connectivity index (χ1n) is 8.88. The predicted molar refractivity (Wildman–Crippen MR) is 97.2 cm³/mol. The summed E-state index contributed by atoms with van der Waals surface area (Å²) in [6.07, 6.45) is 6.60. The van der Waals surface area contributed by atoms with Crippen molar-refractivity contribution in [1.82, 2.24) is 15.2 Å². The molecule has 1 saturated heterocycles. The lowest BCUT2D eigenvalue weighted by Gasteiger charge is -2.25. The lowest BCUT2D eigenvalue weighted by molar-refractivity contribution is 0.0795. The van der Waals surface area contributed by atoms with Crippen LogP contribution in [0.25, 0.3) is 0 Å². The third-order valence-electron chi connectivity index (χ3n) is 4.36. The number of urea groups is 1. The molecule has 1 aromatic heterocycles. The average Bonchev–Trinajstić information content (AvgIpc) is 3.16. The second-order valence-electron chi connectivity index (χ2n) is 6.34. The minimum absolute atomic E-state index is 0.0460. The highest BCUT2D eigenvalue weighted by molar-refractivity contribution is 5.74. The minimum atomic E-state index is -0.0460. The Morgan fingerprint density at radius 3 is 2.76 bits per heavy atom. The Hall–Kier alpha value is -2.40. The molecule has 5 heteroatoms. The van der Waals surface area contributed by atoms with E-state index >= 15 is 0 Å². The fraction of sp³-hybridized carbons (Fsp3) is 0.400. The summed E-state index contributed by atoms with van der Waals surface area (Å²) in [6, 6.07) is 14.0. The second kappa shape index (κ2) is 9.18. The van der Waals surface area contributed by atoms with Crippen molar-refractivity contribution in [2.45, 2.75) is 31.9 Å². The van der Waals surface area contributed by atoms with Gasteiger partial charge in [0, 0.05) is 38.6 Å². The highest BCUT2D eigenvalue weighted by Crippen LogP contribution is 2.15. The molecule has 0 aliphatic carbocycles. The van der Waals surface area contributed by atoms with Crippen molar-refractivity contribution in [1.29, 1.82) is 0 Å². The van der Waals surface area contributed by atoms with E-state index in [0.717, 1.165) is 31.4 Å². The molecule has 1 unspecified atom stereocenters. The van der Waals surface area contributed by atoms with Gasteiger partial charge in [0.1, 0.15) is 0 Å². The summed E-state index contributed by atoms with van der Waals surface area (Å²) in [7, 11) is 0. The van der Waals surface area contributed by atoms with Crippen molar-refractivity contribution in [2.75, 3.05) is 19.7 Å². The summed E-state index contributed by atoms with van der Waals surface area (Å²) in [5.74, 6) is 0. The third-order valence-corrected chi connectivity index (χ3v) is 4.36. The monoisotopic (exact) mass is 339 g/mol. The molecular weight excluding hydrogens is 314 g/mol. The number of aromatic nitrogens is 1.